The molecule has 1 N–H and O–H groups in total. The van der Waals surface area contributed by atoms with Gasteiger partial charge in [-0.1, -0.05) is 43.7 Å². The Hall–Kier alpha value is -2.89. The van der Waals surface area contributed by atoms with Crippen molar-refractivity contribution in [3.8, 4) is 0 Å². The molecule has 0 fully saturated rings. The molecule has 0 unspecified atom stereocenters. The maximum atomic E-state index is 12.6. The van der Waals surface area contributed by atoms with Crippen LogP contribution < -0.4 is 0 Å². The monoisotopic (exact) mass is 398 g/mol. The minimum absolute atomic E-state index is 0.257. The zero-order chi connectivity index (χ0) is 21.6. The van der Waals surface area contributed by atoms with E-state index >= 15 is 0 Å². The number of ether oxygens (including phenoxy) is 1. The SMILES string of the molecule is CCCCc1nc(C(C)=C(Cc2ccccc2)C(=O)O)cn1C(=O)OC(C)(C)C. The van der Waals surface area contributed by atoms with Crippen LogP contribution in [0.2, 0.25) is 0 Å². The second-order valence-corrected chi connectivity index (χ2v) is 8.07. The number of imidazole rings is 1. The Morgan fingerprint density at radius 2 is 1.83 bits per heavy atom. The maximum absolute atomic E-state index is 12.6. The van der Waals surface area contributed by atoms with Crippen molar-refractivity contribution >= 4 is 17.6 Å². The van der Waals surface area contributed by atoms with Crippen molar-refractivity contribution in [2.45, 2.75) is 65.9 Å². The maximum Gasteiger partial charge on any atom is 0.420 e. The highest BCUT2D eigenvalue weighted by molar-refractivity contribution is 5.96. The van der Waals surface area contributed by atoms with E-state index in [0.29, 0.717) is 23.5 Å². The van der Waals surface area contributed by atoms with Gasteiger partial charge in [-0.3, -0.25) is 0 Å². The van der Waals surface area contributed by atoms with Crippen LogP contribution in [-0.4, -0.2) is 32.3 Å². The van der Waals surface area contributed by atoms with Gasteiger partial charge in [0.1, 0.15) is 11.4 Å². The fourth-order valence-electron chi connectivity index (χ4n) is 2.90. The van der Waals surface area contributed by atoms with Gasteiger partial charge in [0.2, 0.25) is 0 Å². The summed E-state index contributed by atoms with van der Waals surface area (Å²) in [4.78, 5) is 29.1. The van der Waals surface area contributed by atoms with Crippen molar-refractivity contribution in [3.63, 3.8) is 0 Å². The third kappa shape index (κ3) is 6.31. The van der Waals surface area contributed by atoms with Crippen molar-refractivity contribution in [1.29, 1.82) is 0 Å². The second-order valence-electron chi connectivity index (χ2n) is 8.07. The number of unbranched alkanes of at least 4 members (excludes halogenated alkanes) is 1. The van der Waals surface area contributed by atoms with Crippen molar-refractivity contribution in [1.82, 2.24) is 9.55 Å². The van der Waals surface area contributed by atoms with E-state index < -0.39 is 17.7 Å². The van der Waals surface area contributed by atoms with Gasteiger partial charge in [-0.05, 0) is 45.3 Å². The van der Waals surface area contributed by atoms with Gasteiger partial charge in [0, 0.05) is 24.6 Å². The van der Waals surface area contributed by atoms with E-state index in [1.807, 2.05) is 51.1 Å². The van der Waals surface area contributed by atoms with E-state index in [2.05, 4.69) is 11.9 Å². The van der Waals surface area contributed by atoms with Crippen LogP contribution in [-0.2, 0) is 22.4 Å². The molecule has 0 atom stereocenters. The van der Waals surface area contributed by atoms with Gasteiger partial charge >= 0.3 is 12.1 Å². The first-order valence-corrected chi connectivity index (χ1v) is 9.91. The summed E-state index contributed by atoms with van der Waals surface area (Å²) < 4.78 is 6.90. The number of aryl methyl sites for hydroxylation is 1. The average Bonchev–Trinajstić information content (AvgIpc) is 3.07. The minimum atomic E-state index is -0.992. The number of rotatable bonds is 7. The fraction of sp³-hybridized carbons (Fsp3) is 0.435. The smallest absolute Gasteiger partial charge is 0.420 e. The predicted molar refractivity (Wildman–Crippen MR) is 113 cm³/mol. The zero-order valence-corrected chi connectivity index (χ0v) is 17.9. The molecule has 156 valence electrons. The Morgan fingerprint density at radius 3 is 2.38 bits per heavy atom. The van der Waals surface area contributed by atoms with E-state index in [0.717, 1.165) is 18.4 Å². The van der Waals surface area contributed by atoms with E-state index in [-0.39, 0.29) is 12.0 Å². The van der Waals surface area contributed by atoms with E-state index in [9.17, 15) is 14.7 Å². The number of nitrogens with zero attached hydrogens (tertiary/aromatic N) is 2. The summed E-state index contributed by atoms with van der Waals surface area (Å²) in [7, 11) is 0. The van der Waals surface area contributed by atoms with Gasteiger partial charge in [0.15, 0.2) is 0 Å². The molecule has 0 bridgehead atoms. The third-order valence-electron chi connectivity index (χ3n) is 4.44. The highest BCUT2D eigenvalue weighted by atomic mass is 16.6. The quantitative estimate of drug-likeness (QED) is 0.656. The topological polar surface area (TPSA) is 81.4 Å². The molecule has 0 aliphatic carbocycles. The van der Waals surface area contributed by atoms with Gasteiger partial charge < -0.3 is 9.84 Å². The lowest BCUT2D eigenvalue weighted by atomic mass is 9.99. The lowest BCUT2D eigenvalue weighted by Crippen LogP contribution is -2.27. The summed E-state index contributed by atoms with van der Waals surface area (Å²) in [6.45, 7) is 9.22. The molecule has 0 radical (unpaired) electrons. The number of carboxylic acid groups (broad SMARTS) is 1. The number of carbonyl (C=O) groups excluding carboxylic acids is 1. The first-order valence-electron chi connectivity index (χ1n) is 9.91. The molecule has 0 spiro atoms. The lowest BCUT2D eigenvalue weighted by Gasteiger charge is -2.20. The van der Waals surface area contributed by atoms with E-state index in [1.165, 1.54) is 4.57 Å². The first kappa shape index (κ1) is 22.4. The van der Waals surface area contributed by atoms with Crippen LogP contribution in [0.25, 0.3) is 5.57 Å². The molecule has 0 amide bonds. The van der Waals surface area contributed by atoms with Crippen molar-refractivity contribution in [2.24, 2.45) is 0 Å². The highest BCUT2D eigenvalue weighted by Gasteiger charge is 2.23. The molecule has 6 heteroatoms. The molecule has 2 rings (SSSR count). The molecule has 0 saturated heterocycles. The van der Waals surface area contributed by atoms with Gasteiger partial charge in [0.05, 0.1) is 5.69 Å². The number of carboxylic acids is 1. The van der Waals surface area contributed by atoms with Crippen molar-refractivity contribution < 1.29 is 19.4 Å². The van der Waals surface area contributed by atoms with Crippen molar-refractivity contribution in [2.75, 3.05) is 0 Å². The Bertz CT molecular complexity index is 889. The molecule has 0 saturated carbocycles. The van der Waals surface area contributed by atoms with Gasteiger partial charge in [-0.25, -0.2) is 19.1 Å². The summed E-state index contributed by atoms with van der Waals surface area (Å²) in [5.41, 5.74) is 1.55. The molecule has 0 aliphatic heterocycles. The lowest BCUT2D eigenvalue weighted by molar-refractivity contribution is -0.132. The number of carbonyl (C=O) groups is 2. The molecule has 1 aromatic carbocycles. The number of hydrogen-bond acceptors (Lipinski definition) is 4. The number of aromatic nitrogens is 2. The summed E-state index contributed by atoms with van der Waals surface area (Å²) in [6, 6.07) is 9.43. The number of aliphatic carboxylic acids is 1. The van der Waals surface area contributed by atoms with Crippen LogP contribution >= 0.6 is 0 Å². The summed E-state index contributed by atoms with van der Waals surface area (Å²) in [6.07, 6.45) is 3.81. The Morgan fingerprint density at radius 1 is 1.17 bits per heavy atom. The molecule has 6 nitrogen and oxygen atoms in total. The number of allylic oxidation sites excluding steroid dienone is 1. The second kappa shape index (κ2) is 9.54. The molecule has 2 aromatic rings. The van der Waals surface area contributed by atoms with E-state index in [4.69, 9.17) is 4.74 Å². The Balaban J connectivity index is 2.45. The predicted octanol–water partition coefficient (Wildman–Crippen LogP) is 5.11. The fourth-order valence-corrected chi connectivity index (χ4v) is 2.90. The summed E-state index contributed by atoms with van der Waals surface area (Å²) >= 11 is 0. The van der Waals surface area contributed by atoms with E-state index in [1.54, 1.807) is 13.1 Å². The molecule has 1 heterocycles. The molecule has 1 aromatic heterocycles. The van der Waals surface area contributed by atoms with Crippen molar-refractivity contribution in [3.05, 3.63) is 59.2 Å². The zero-order valence-electron chi connectivity index (χ0n) is 17.9. The minimum Gasteiger partial charge on any atom is -0.478 e. The molecular weight excluding hydrogens is 368 g/mol. The van der Waals surface area contributed by atoms with Gasteiger partial charge in [-0.15, -0.1) is 0 Å². The van der Waals surface area contributed by atoms with Gasteiger partial charge in [0.25, 0.3) is 0 Å². The van der Waals surface area contributed by atoms with Crippen LogP contribution in [0.4, 0.5) is 4.79 Å². The average molecular weight is 399 g/mol. The van der Waals surface area contributed by atoms with Crippen LogP contribution in [0.15, 0.2) is 42.1 Å². The highest BCUT2D eigenvalue weighted by Crippen LogP contribution is 2.23. The molecular formula is C23H30N2O4. The Kier molecular flexibility index (Phi) is 7.37. The Labute approximate surface area is 172 Å². The number of benzene rings is 1. The van der Waals surface area contributed by atoms with Crippen LogP contribution in [0.5, 0.6) is 0 Å². The molecule has 29 heavy (non-hydrogen) atoms. The summed E-state index contributed by atoms with van der Waals surface area (Å²) in [5, 5.41) is 9.76. The normalized spacial score (nSPS) is 12.4. The number of hydrogen-bond donors (Lipinski definition) is 1. The van der Waals surface area contributed by atoms with Crippen LogP contribution in [0, 0.1) is 0 Å². The summed E-state index contributed by atoms with van der Waals surface area (Å²) in [5.74, 6) is -0.409. The van der Waals surface area contributed by atoms with Crippen LogP contribution in [0.3, 0.4) is 0 Å². The standard InChI is InChI=1S/C23H30N2O4/c1-6-7-13-20-24-19(15-25(20)22(28)29-23(3,4)5)16(2)18(21(26)27)14-17-11-9-8-10-12-17/h8-12,15H,6-7,13-14H2,1-5H3,(H,26,27). The first-order chi connectivity index (χ1) is 13.6. The largest absolute Gasteiger partial charge is 0.478 e. The van der Waals surface area contributed by atoms with Crippen LogP contribution in [0.1, 0.15) is 64.5 Å². The van der Waals surface area contributed by atoms with Gasteiger partial charge in [-0.2, -0.15) is 0 Å². The third-order valence-corrected chi connectivity index (χ3v) is 4.44. The molecule has 0 aliphatic rings.